The molecule has 0 aromatic rings. The normalized spacial score (nSPS) is 10.3. The molecule has 0 amide bonds. The molecule has 0 fully saturated rings. The summed E-state index contributed by atoms with van der Waals surface area (Å²) in [7, 11) is 0. The maximum atomic E-state index is 9.91. The summed E-state index contributed by atoms with van der Waals surface area (Å²) in [5.74, 6) is -2.84. The van der Waals surface area contributed by atoms with Crippen LogP contribution in [0.5, 0.6) is 0 Å². The minimum atomic E-state index is -2.39. The molecule has 0 aliphatic carbocycles. The molecule has 0 bridgehead atoms. The molecule has 0 aromatic carbocycles. The highest BCUT2D eigenvalue weighted by Crippen LogP contribution is 2.11. The molecule has 0 saturated heterocycles. The van der Waals surface area contributed by atoms with Crippen molar-refractivity contribution in [2.45, 2.75) is 5.79 Å². The van der Waals surface area contributed by atoms with E-state index in [9.17, 15) is 9.81 Å². The summed E-state index contributed by atoms with van der Waals surface area (Å²) in [6, 6.07) is 0. The van der Waals surface area contributed by atoms with Crippen LogP contribution in [0.2, 0.25) is 0 Å². The van der Waals surface area contributed by atoms with Crippen LogP contribution in [-0.2, 0) is 0 Å². The van der Waals surface area contributed by atoms with Gasteiger partial charge in [0.2, 0.25) is 0 Å². The van der Waals surface area contributed by atoms with Crippen LogP contribution in [0.25, 0.3) is 0 Å². The zero-order chi connectivity index (χ0) is 9.07. The predicted octanol–water partition coefficient (Wildman–Crippen LogP) is -1.82. The molecule has 11 heavy (non-hydrogen) atoms. The molecule has 0 radical (unpaired) electrons. The minimum Gasteiger partial charge on any atom is -0.394 e. The van der Waals surface area contributed by atoms with E-state index in [0.29, 0.717) is 0 Å². The van der Waals surface area contributed by atoms with Crippen molar-refractivity contribution in [2.75, 3.05) is 0 Å². The highest BCUT2D eigenvalue weighted by molar-refractivity contribution is 5.17. The van der Waals surface area contributed by atoms with E-state index < -0.39 is 17.3 Å². The average molecular weight is 160 g/mol. The summed E-state index contributed by atoms with van der Waals surface area (Å²) in [6.45, 7) is 0. The van der Waals surface area contributed by atoms with Gasteiger partial charge in [0.15, 0.2) is 0 Å². The summed E-state index contributed by atoms with van der Waals surface area (Å²) in [5, 5.41) is 4.33. The van der Waals surface area contributed by atoms with E-state index in [0.717, 1.165) is 0 Å². The second-order valence-electron chi connectivity index (χ2n) is 1.78. The zero-order valence-electron chi connectivity index (χ0n) is 5.52. The van der Waals surface area contributed by atoms with Gasteiger partial charge in [-0.2, -0.15) is 0 Å². The molecule has 0 saturated carbocycles. The molecule has 62 valence electrons. The minimum absolute atomic E-state index is 0.452. The topological polar surface area (TPSA) is 163 Å². The third-order valence-corrected chi connectivity index (χ3v) is 0.986. The molecule has 0 unspecified atom stereocenters. The van der Waals surface area contributed by atoms with Crippen molar-refractivity contribution >= 4 is 0 Å². The fraction of sp³-hybridized carbons (Fsp3) is 0.333. The summed E-state index contributed by atoms with van der Waals surface area (Å²) >= 11 is 0. The lowest BCUT2D eigenvalue weighted by Crippen LogP contribution is -2.43. The lowest BCUT2D eigenvalue weighted by molar-refractivity contribution is 0.528. The van der Waals surface area contributed by atoms with Crippen LogP contribution in [0.4, 0.5) is 0 Å². The van der Waals surface area contributed by atoms with Crippen molar-refractivity contribution < 1.29 is 0 Å². The van der Waals surface area contributed by atoms with E-state index in [1.807, 2.05) is 0 Å². The Bertz CT molecular complexity index is 198. The molecule has 8 nitrogen and oxygen atoms in total. The molecular formula is C3H8N6O2. The first-order chi connectivity index (χ1) is 4.98. The third-order valence-electron chi connectivity index (χ3n) is 0.986. The second kappa shape index (κ2) is 2.92. The molecule has 0 aromatic heterocycles. The highest BCUT2D eigenvalue weighted by Gasteiger charge is 2.32. The van der Waals surface area contributed by atoms with Crippen molar-refractivity contribution in [1.82, 2.24) is 0 Å². The Labute approximate surface area is 61.5 Å². The van der Waals surface area contributed by atoms with Crippen LogP contribution >= 0.6 is 0 Å². The van der Waals surface area contributed by atoms with Gasteiger partial charge in [-0.25, -0.2) is 0 Å². The summed E-state index contributed by atoms with van der Waals surface area (Å²) < 4.78 is 0. The van der Waals surface area contributed by atoms with E-state index in [2.05, 4.69) is 10.4 Å². The van der Waals surface area contributed by atoms with Crippen molar-refractivity contribution in [1.29, 1.82) is 0 Å². The molecule has 0 aliphatic rings. The summed E-state index contributed by atoms with van der Waals surface area (Å²) in [5.41, 5.74) is 19.3. The van der Waals surface area contributed by atoms with Crippen LogP contribution < -0.4 is 22.9 Å². The number of hydrogen-bond acceptors (Lipinski definition) is 8. The zero-order valence-corrected chi connectivity index (χ0v) is 5.52. The van der Waals surface area contributed by atoms with E-state index in [1.54, 1.807) is 0 Å². The van der Waals surface area contributed by atoms with Gasteiger partial charge in [-0.15, -0.1) is 9.81 Å². The number of hydrogen-bond donors (Lipinski definition) is 4. The Kier molecular flexibility index (Phi) is 2.47. The van der Waals surface area contributed by atoms with Crippen molar-refractivity contribution in [3.63, 3.8) is 0 Å². The van der Waals surface area contributed by atoms with Gasteiger partial charge in [0.1, 0.15) is 11.5 Å². The average Bonchev–Trinajstić information content (AvgIpc) is 2.01. The first kappa shape index (κ1) is 9.30. The fourth-order valence-electron chi connectivity index (χ4n) is 0.327. The lowest BCUT2D eigenvalue weighted by atomic mass is 10.3. The quantitative estimate of drug-likeness (QED) is 0.355. The Morgan fingerprint density at radius 2 is 1.45 bits per heavy atom. The van der Waals surface area contributed by atoms with Crippen LogP contribution in [0.15, 0.2) is 21.9 Å². The summed E-state index contributed by atoms with van der Waals surface area (Å²) in [6.07, 6.45) is 0. The maximum absolute atomic E-state index is 9.91. The smallest absolute Gasteiger partial charge is 0.325 e. The van der Waals surface area contributed by atoms with Gasteiger partial charge in [0, 0.05) is 0 Å². The van der Waals surface area contributed by atoms with Gasteiger partial charge >= 0.3 is 5.79 Å². The van der Waals surface area contributed by atoms with Crippen molar-refractivity contribution in [3.05, 3.63) is 21.3 Å². The fourth-order valence-corrected chi connectivity index (χ4v) is 0.327. The van der Waals surface area contributed by atoms with Gasteiger partial charge < -0.3 is 17.2 Å². The van der Waals surface area contributed by atoms with Gasteiger partial charge in [-0.3, -0.25) is 5.73 Å². The lowest BCUT2D eigenvalue weighted by Gasteiger charge is -2.12. The number of nitrogens with two attached hydrogens (primary N) is 4. The molecule has 0 rings (SSSR count). The maximum Gasteiger partial charge on any atom is 0.325 e. The van der Waals surface area contributed by atoms with Gasteiger partial charge in [-0.05, 0) is 10.4 Å². The molecule has 0 heterocycles. The largest absolute Gasteiger partial charge is 0.394 e. The molecule has 0 spiro atoms. The van der Waals surface area contributed by atoms with Crippen LogP contribution in [-0.4, -0.2) is 5.79 Å². The predicted molar refractivity (Wildman–Crippen MR) is 38.1 cm³/mol. The van der Waals surface area contributed by atoms with E-state index in [4.69, 9.17) is 22.9 Å². The van der Waals surface area contributed by atoms with E-state index >= 15 is 0 Å². The molecular weight excluding hydrogens is 152 g/mol. The SMILES string of the molecule is NC(N)=C(N)C(N)(N=O)N=O. The van der Waals surface area contributed by atoms with E-state index in [-0.39, 0.29) is 0 Å². The first-order valence-electron chi connectivity index (χ1n) is 2.47. The molecule has 0 atom stereocenters. The van der Waals surface area contributed by atoms with Crippen LogP contribution in [0.1, 0.15) is 0 Å². The standard InChI is InChI=1S/C3H8N6O2/c4-1(2(5)6)3(7,8-10)9-11/h4-7H2. The monoisotopic (exact) mass is 160 g/mol. The highest BCUT2D eigenvalue weighted by atomic mass is 16.3. The van der Waals surface area contributed by atoms with Gasteiger partial charge in [-0.1, -0.05) is 0 Å². The van der Waals surface area contributed by atoms with Crippen LogP contribution in [0.3, 0.4) is 0 Å². The van der Waals surface area contributed by atoms with Crippen LogP contribution in [0, 0.1) is 9.81 Å². The van der Waals surface area contributed by atoms with Gasteiger partial charge in [0.05, 0.1) is 0 Å². The third kappa shape index (κ3) is 1.61. The molecule has 0 aliphatic heterocycles. The van der Waals surface area contributed by atoms with Gasteiger partial charge in [0.25, 0.3) is 0 Å². The van der Waals surface area contributed by atoms with E-state index in [1.165, 1.54) is 0 Å². The molecule has 8 heteroatoms. The first-order valence-corrected chi connectivity index (χ1v) is 2.47. The Morgan fingerprint density at radius 3 is 1.55 bits per heavy atom. The van der Waals surface area contributed by atoms with Crippen molar-refractivity contribution in [2.24, 2.45) is 33.3 Å². The summed E-state index contributed by atoms with van der Waals surface area (Å²) in [4.78, 5) is 19.8. The second-order valence-corrected chi connectivity index (χ2v) is 1.78. The Balaban J connectivity index is 4.94. The number of nitroso groups, excluding NO2 is 2. The number of nitrogens with zero attached hydrogens (tertiary/aromatic N) is 2. The Morgan fingerprint density at radius 1 is 1.09 bits per heavy atom. The Hall–Kier alpha value is -1.70. The van der Waals surface area contributed by atoms with Crippen molar-refractivity contribution in [3.8, 4) is 0 Å². The molecule has 8 N–H and O–H groups in total. The number of rotatable bonds is 3.